The summed E-state index contributed by atoms with van der Waals surface area (Å²) < 4.78 is 5.63. The van der Waals surface area contributed by atoms with E-state index in [0.717, 1.165) is 42.1 Å². The lowest BCUT2D eigenvalue weighted by atomic mass is 10.0. The van der Waals surface area contributed by atoms with Crippen molar-refractivity contribution in [1.29, 1.82) is 0 Å². The highest BCUT2D eigenvalue weighted by molar-refractivity contribution is 5.94. The predicted molar refractivity (Wildman–Crippen MR) is 104 cm³/mol. The van der Waals surface area contributed by atoms with E-state index in [4.69, 9.17) is 4.74 Å². The molecule has 2 rings (SSSR count). The zero-order valence-electron chi connectivity index (χ0n) is 15.3. The number of ether oxygens (including phenoxy) is 1. The van der Waals surface area contributed by atoms with Crippen LogP contribution in [0.2, 0.25) is 0 Å². The van der Waals surface area contributed by atoms with Gasteiger partial charge in [0, 0.05) is 11.4 Å². The summed E-state index contributed by atoms with van der Waals surface area (Å²) in [7, 11) is 0. The van der Waals surface area contributed by atoms with Crippen molar-refractivity contribution >= 4 is 17.3 Å². The second-order valence-corrected chi connectivity index (χ2v) is 6.37. The Kier molecular flexibility index (Phi) is 7.33. The van der Waals surface area contributed by atoms with E-state index in [0.29, 0.717) is 5.92 Å². The molecule has 0 fully saturated rings. The molecule has 0 bridgehead atoms. The van der Waals surface area contributed by atoms with E-state index >= 15 is 0 Å². The summed E-state index contributed by atoms with van der Waals surface area (Å²) in [5.74, 6) is 1.16. The Bertz CT molecular complexity index is 666. The van der Waals surface area contributed by atoms with Gasteiger partial charge in [-0.3, -0.25) is 4.79 Å². The number of unbranched alkanes of at least 4 members (excludes halogenated alkanes) is 1. The van der Waals surface area contributed by atoms with Gasteiger partial charge in [-0.25, -0.2) is 0 Å². The molecule has 0 atom stereocenters. The smallest absolute Gasteiger partial charge is 0.243 e. The van der Waals surface area contributed by atoms with Crippen LogP contribution in [0.25, 0.3) is 0 Å². The standard InChI is InChI=1S/C21H28N2O2/c1-4-5-14-25-18-12-10-17(11-13-18)22-15-21(24)23-20-9-7-6-8-19(20)16(2)3/h6-13,16,22H,4-5,14-15H2,1-3H3,(H,23,24). The van der Waals surface area contributed by atoms with E-state index in [-0.39, 0.29) is 12.5 Å². The van der Waals surface area contributed by atoms with Crippen molar-refractivity contribution in [2.45, 2.75) is 39.5 Å². The largest absolute Gasteiger partial charge is 0.494 e. The van der Waals surface area contributed by atoms with Crippen molar-refractivity contribution in [3.63, 3.8) is 0 Å². The number of hydrogen-bond acceptors (Lipinski definition) is 3. The van der Waals surface area contributed by atoms with Crippen molar-refractivity contribution < 1.29 is 9.53 Å². The number of nitrogens with one attached hydrogen (secondary N) is 2. The number of benzene rings is 2. The van der Waals surface area contributed by atoms with E-state index in [9.17, 15) is 4.79 Å². The minimum Gasteiger partial charge on any atom is -0.494 e. The van der Waals surface area contributed by atoms with Gasteiger partial charge in [0.05, 0.1) is 13.2 Å². The van der Waals surface area contributed by atoms with Gasteiger partial charge in [-0.1, -0.05) is 45.4 Å². The summed E-state index contributed by atoms with van der Waals surface area (Å²) in [6.45, 7) is 7.34. The molecule has 134 valence electrons. The van der Waals surface area contributed by atoms with Gasteiger partial charge in [-0.15, -0.1) is 0 Å². The van der Waals surface area contributed by atoms with Crippen LogP contribution in [0.4, 0.5) is 11.4 Å². The highest BCUT2D eigenvalue weighted by Gasteiger charge is 2.09. The summed E-state index contributed by atoms with van der Waals surface area (Å²) in [5.41, 5.74) is 2.92. The van der Waals surface area contributed by atoms with Crippen LogP contribution >= 0.6 is 0 Å². The summed E-state index contributed by atoms with van der Waals surface area (Å²) in [4.78, 5) is 12.2. The number of rotatable bonds is 9. The first-order valence-corrected chi connectivity index (χ1v) is 8.95. The minimum atomic E-state index is -0.0589. The second kappa shape index (κ2) is 9.72. The second-order valence-electron chi connectivity index (χ2n) is 6.37. The van der Waals surface area contributed by atoms with E-state index in [1.807, 2.05) is 48.5 Å². The minimum absolute atomic E-state index is 0.0589. The van der Waals surface area contributed by atoms with E-state index in [2.05, 4.69) is 31.4 Å². The first kappa shape index (κ1) is 18.8. The van der Waals surface area contributed by atoms with Crippen LogP contribution in [0.1, 0.15) is 45.1 Å². The zero-order chi connectivity index (χ0) is 18.1. The quantitative estimate of drug-likeness (QED) is 0.629. The van der Waals surface area contributed by atoms with Crippen molar-refractivity contribution in [2.24, 2.45) is 0 Å². The van der Waals surface area contributed by atoms with Crippen LogP contribution in [0.15, 0.2) is 48.5 Å². The van der Waals surface area contributed by atoms with Crippen LogP contribution in [0.3, 0.4) is 0 Å². The first-order chi connectivity index (χ1) is 12.1. The summed E-state index contributed by atoms with van der Waals surface area (Å²) in [6.07, 6.45) is 2.17. The average molecular weight is 340 g/mol. The number of hydrogen-bond donors (Lipinski definition) is 2. The molecular formula is C21H28N2O2. The van der Waals surface area contributed by atoms with E-state index < -0.39 is 0 Å². The van der Waals surface area contributed by atoms with Gasteiger partial charge in [0.15, 0.2) is 0 Å². The Morgan fingerprint density at radius 2 is 1.80 bits per heavy atom. The molecule has 0 aliphatic carbocycles. The predicted octanol–water partition coefficient (Wildman–Crippen LogP) is 5.04. The maximum Gasteiger partial charge on any atom is 0.243 e. The third-order valence-electron chi connectivity index (χ3n) is 3.93. The molecule has 0 aliphatic heterocycles. The lowest BCUT2D eigenvalue weighted by molar-refractivity contribution is -0.114. The average Bonchev–Trinajstić information content (AvgIpc) is 2.61. The highest BCUT2D eigenvalue weighted by atomic mass is 16.5. The van der Waals surface area contributed by atoms with Gasteiger partial charge in [0.2, 0.25) is 5.91 Å². The highest BCUT2D eigenvalue weighted by Crippen LogP contribution is 2.23. The maximum absolute atomic E-state index is 12.2. The Balaban J connectivity index is 1.84. The Morgan fingerprint density at radius 1 is 1.08 bits per heavy atom. The number of anilines is 2. The molecule has 0 unspecified atom stereocenters. The SMILES string of the molecule is CCCCOc1ccc(NCC(=O)Nc2ccccc2C(C)C)cc1. The molecule has 0 radical (unpaired) electrons. The molecule has 4 nitrogen and oxygen atoms in total. The molecular weight excluding hydrogens is 312 g/mol. The first-order valence-electron chi connectivity index (χ1n) is 8.95. The number of amides is 1. The molecule has 1 amide bonds. The molecule has 25 heavy (non-hydrogen) atoms. The zero-order valence-corrected chi connectivity index (χ0v) is 15.3. The molecule has 0 aromatic heterocycles. The molecule has 4 heteroatoms. The van der Waals surface area contributed by atoms with Gasteiger partial charge in [-0.05, 0) is 48.2 Å². The molecule has 2 aromatic carbocycles. The molecule has 0 heterocycles. The van der Waals surface area contributed by atoms with Gasteiger partial charge in [-0.2, -0.15) is 0 Å². The lowest BCUT2D eigenvalue weighted by Gasteiger charge is -2.14. The fraction of sp³-hybridized carbons (Fsp3) is 0.381. The molecule has 0 spiro atoms. The lowest BCUT2D eigenvalue weighted by Crippen LogP contribution is -2.22. The fourth-order valence-electron chi connectivity index (χ4n) is 2.49. The van der Waals surface area contributed by atoms with Gasteiger partial charge in [0.1, 0.15) is 5.75 Å². The van der Waals surface area contributed by atoms with Crippen molar-refractivity contribution in [3.05, 3.63) is 54.1 Å². The molecule has 2 aromatic rings. The van der Waals surface area contributed by atoms with Crippen LogP contribution in [-0.4, -0.2) is 19.1 Å². The van der Waals surface area contributed by atoms with Crippen LogP contribution in [0, 0.1) is 0 Å². The normalized spacial score (nSPS) is 10.6. The molecule has 0 saturated carbocycles. The van der Waals surface area contributed by atoms with Crippen molar-refractivity contribution in [2.75, 3.05) is 23.8 Å². The fourth-order valence-corrected chi connectivity index (χ4v) is 2.49. The molecule has 2 N–H and O–H groups in total. The van der Waals surface area contributed by atoms with Gasteiger partial charge in [0.25, 0.3) is 0 Å². The summed E-state index contributed by atoms with van der Waals surface area (Å²) >= 11 is 0. The van der Waals surface area contributed by atoms with Gasteiger partial charge < -0.3 is 15.4 Å². The number of carbonyl (C=O) groups is 1. The van der Waals surface area contributed by atoms with E-state index in [1.165, 1.54) is 0 Å². The van der Waals surface area contributed by atoms with Crippen LogP contribution in [-0.2, 0) is 4.79 Å². The Labute approximate surface area is 150 Å². The molecule has 0 aliphatic rings. The summed E-state index contributed by atoms with van der Waals surface area (Å²) in [6, 6.07) is 15.6. The number of carbonyl (C=O) groups excluding carboxylic acids is 1. The van der Waals surface area contributed by atoms with Gasteiger partial charge >= 0.3 is 0 Å². The topological polar surface area (TPSA) is 50.4 Å². The van der Waals surface area contributed by atoms with Crippen molar-refractivity contribution in [1.82, 2.24) is 0 Å². The van der Waals surface area contributed by atoms with E-state index in [1.54, 1.807) is 0 Å². The van der Waals surface area contributed by atoms with Crippen LogP contribution in [0.5, 0.6) is 5.75 Å². The molecule has 0 saturated heterocycles. The Hall–Kier alpha value is -2.49. The third-order valence-corrected chi connectivity index (χ3v) is 3.93. The summed E-state index contributed by atoms with van der Waals surface area (Å²) in [5, 5.41) is 6.12. The number of para-hydroxylation sites is 1. The maximum atomic E-state index is 12.2. The third kappa shape index (κ3) is 6.14. The monoisotopic (exact) mass is 340 g/mol. The van der Waals surface area contributed by atoms with Crippen molar-refractivity contribution in [3.8, 4) is 5.75 Å². The van der Waals surface area contributed by atoms with Crippen LogP contribution < -0.4 is 15.4 Å². The Morgan fingerprint density at radius 3 is 2.48 bits per heavy atom.